The van der Waals surface area contributed by atoms with Gasteiger partial charge in [-0.1, -0.05) is 19.1 Å². The van der Waals surface area contributed by atoms with Crippen LogP contribution in [-0.2, 0) is 6.42 Å². The molecule has 19 heavy (non-hydrogen) atoms. The molecule has 1 aliphatic heterocycles. The van der Waals surface area contributed by atoms with Gasteiger partial charge in [0.25, 0.3) is 0 Å². The average Bonchev–Trinajstić information content (AvgIpc) is 2.41. The number of hydrogen-bond donors (Lipinski definition) is 1. The summed E-state index contributed by atoms with van der Waals surface area (Å²) in [6, 6.07) is 6.55. The van der Waals surface area contributed by atoms with Gasteiger partial charge in [-0.05, 0) is 42.9 Å². The van der Waals surface area contributed by atoms with E-state index in [0.29, 0.717) is 18.4 Å². The summed E-state index contributed by atoms with van der Waals surface area (Å²) in [5.74, 6) is 1.14. The molecule has 1 aromatic rings. The second-order valence-corrected chi connectivity index (χ2v) is 5.31. The van der Waals surface area contributed by atoms with Crippen molar-refractivity contribution in [2.24, 2.45) is 16.6 Å². The molecule has 1 aliphatic rings. The second kappa shape index (κ2) is 6.55. The number of rotatable bonds is 3. The Labute approximate surface area is 114 Å². The van der Waals surface area contributed by atoms with Crippen molar-refractivity contribution in [3.05, 3.63) is 35.6 Å². The van der Waals surface area contributed by atoms with Crippen LogP contribution in [0.4, 0.5) is 4.39 Å². The van der Waals surface area contributed by atoms with Crippen molar-refractivity contribution in [2.75, 3.05) is 19.6 Å². The first-order valence-corrected chi connectivity index (χ1v) is 6.94. The van der Waals surface area contributed by atoms with Crippen LogP contribution in [0, 0.1) is 11.7 Å². The van der Waals surface area contributed by atoms with Gasteiger partial charge in [-0.2, -0.15) is 0 Å². The molecular weight excluding hydrogens is 241 g/mol. The Bertz CT molecular complexity index is 428. The SMILES string of the molecule is CC1CCCN(C(N)=NCCc2ccc(F)cc2)C1. The molecule has 0 amide bonds. The largest absolute Gasteiger partial charge is 0.370 e. The fraction of sp³-hybridized carbons (Fsp3) is 0.533. The first-order chi connectivity index (χ1) is 9.15. The standard InChI is InChI=1S/C15H22FN3/c1-12-3-2-10-19(11-12)15(17)18-9-8-13-4-6-14(16)7-5-13/h4-7,12H,2-3,8-11H2,1H3,(H2,17,18). The Morgan fingerprint density at radius 2 is 2.16 bits per heavy atom. The minimum absolute atomic E-state index is 0.200. The van der Waals surface area contributed by atoms with Gasteiger partial charge in [0.1, 0.15) is 5.82 Å². The highest BCUT2D eigenvalue weighted by atomic mass is 19.1. The van der Waals surface area contributed by atoms with Crippen molar-refractivity contribution in [2.45, 2.75) is 26.2 Å². The van der Waals surface area contributed by atoms with Crippen LogP contribution in [0.5, 0.6) is 0 Å². The third kappa shape index (κ3) is 4.23. The number of nitrogens with two attached hydrogens (primary N) is 1. The summed E-state index contributed by atoms with van der Waals surface area (Å²) < 4.78 is 12.8. The first kappa shape index (κ1) is 13.8. The molecule has 1 unspecified atom stereocenters. The molecule has 1 aromatic carbocycles. The molecule has 1 heterocycles. The molecule has 0 spiro atoms. The zero-order valence-electron chi connectivity index (χ0n) is 11.5. The summed E-state index contributed by atoms with van der Waals surface area (Å²) in [5.41, 5.74) is 7.10. The minimum Gasteiger partial charge on any atom is -0.370 e. The summed E-state index contributed by atoms with van der Waals surface area (Å²) in [5, 5.41) is 0. The normalized spacial score (nSPS) is 20.6. The van der Waals surface area contributed by atoms with Crippen LogP contribution in [0.2, 0.25) is 0 Å². The van der Waals surface area contributed by atoms with Crippen LogP contribution in [-0.4, -0.2) is 30.5 Å². The highest BCUT2D eigenvalue weighted by Gasteiger charge is 2.17. The van der Waals surface area contributed by atoms with E-state index >= 15 is 0 Å². The van der Waals surface area contributed by atoms with Crippen molar-refractivity contribution in [1.82, 2.24) is 4.90 Å². The third-order valence-corrected chi connectivity index (χ3v) is 3.57. The topological polar surface area (TPSA) is 41.6 Å². The zero-order valence-corrected chi connectivity index (χ0v) is 11.5. The Balaban J connectivity index is 1.82. The molecule has 0 radical (unpaired) electrons. The van der Waals surface area contributed by atoms with E-state index in [0.717, 1.165) is 25.1 Å². The van der Waals surface area contributed by atoms with Crippen molar-refractivity contribution in [1.29, 1.82) is 0 Å². The summed E-state index contributed by atoms with van der Waals surface area (Å²) in [7, 11) is 0. The van der Waals surface area contributed by atoms with Gasteiger partial charge in [0, 0.05) is 19.6 Å². The molecule has 2 rings (SSSR count). The summed E-state index contributed by atoms with van der Waals surface area (Å²) >= 11 is 0. The Morgan fingerprint density at radius 1 is 1.42 bits per heavy atom. The number of piperidine rings is 1. The lowest BCUT2D eigenvalue weighted by Crippen LogP contribution is -2.43. The van der Waals surface area contributed by atoms with Gasteiger partial charge in [-0.25, -0.2) is 4.39 Å². The quantitative estimate of drug-likeness (QED) is 0.672. The van der Waals surface area contributed by atoms with Crippen molar-refractivity contribution in [3.63, 3.8) is 0 Å². The van der Waals surface area contributed by atoms with E-state index in [-0.39, 0.29) is 5.82 Å². The van der Waals surface area contributed by atoms with E-state index in [1.165, 1.54) is 25.0 Å². The lowest BCUT2D eigenvalue weighted by Gasteiger charge is -2.31. The smallest absolute Gasteiger partial charge is 0.191 e. The number of benzene rings is 1. The Hall–Kier alpha value is -1.58. The van der Waals surface area contributed by atoms with Crippen LogP contribution in [0.25, 0.3) is 0 Å². The monoisotopic (exact) mass is 263 g/mol. The molecule has 0 aromatic heterocycles. The second-order valence-electron chi connectivity index (χ2n) is 5.31. The van der Waals surface area contributed by atoms with E-state index in [4.69, 9.17) is 5.73 Å². The maximum absolute atomic E-state index is 12.8. The lowest BCUT2D eigenvalue weighted by atomic mass is 10.0. The molecular formula is C15H22FN3. The number of guanidine groups is 1. The molecule has 0 aliphatic carbocycles. The number of nitrogens with zero attached hydrogens (tertiary/aromatic N) is 2. The zero-order chi connectivity index (χ0) is 13.7. The average molecular weight is 263 g/mol. The lowest BCUT2D eigenvalue weighted by molar-refractivity contribution is 0.270. The van der Waals surface area contributed by atoms with Crippen molar-refractivity contribution < 1.29 is 4.39 Å². The molecule has 1 atom stereocenters. The van der Waals surface area contributed by atoms with E-state index < -0.39 is 0 Å². The molecule has 0 saturated carbocycles. The number of likely N-dealkylation sites (tertiary alicyclic amines) is 1. The van der Waals surface area contributed by atoms with E-state index in [1.807, 2.05) is 0 Å². The van der Waals surface area contributed by atoms with E-state index in [2.05, 4.69) is 16.8 Å². The first-order valence-electron chi connectivity index (χ1n) is 6.94. The molecule has 104 valence electrons. The van der Waals surface area contributed by atoms with Crippen LogP contribution < -0.4 is 5.73 Å². The maximum atomic E-state index is 12.8. The van der Waals surface area contributed by atoms with Gasteiger partial charge in [-0.3, -0.25) is 4.99 Å². The Kier molecular flexibility index (Phi) is 4.77. The van der Waals surface area contributed by atoms with Gasteiger partial charge >= 0.3 is 0 Å². The van der Waals surface area contributed by atoms with Gasteiger partial charge in [0.15, 0.2) is 5.96 Å². The van der Waals surface area contributed by atoms with Crippen LogP contribution in [0.1, 0.15) is 25.3 Å². The molecule has 2 N–H and O–H groups in total. The van der Waals surface area contributed by atoms with Crippen LogP contribution in [0.3, 0.4) is 0 Å². The predicted octanol–water partition coefficient (Wildman–Crippen LogP) is 2.41. The molecule has 4 heteroatoms. The number of halogens is 1. The van der Waals surface area contributed by atoms with Crippen LogP contribution >= 0.6 is 0 Å². The van der Waals surface area contributed by atoms with Crippen molar-refractivity contribution >= 4 is 5.96 Å². The third-order valence-electron chi connectivity index (χ3n) is 3.57. The molecule has 1 saturated heterocycles. The van der Waals surface area contributed by atoms with Crippen LogP contribution in [0.15, 0.2) is 29.3 Å². The van der Waals surface area contributed by atoms with Gasteiger partial charge in [-0.15, -0.1) is 0 Å². The van der Waals surface area contributed by atoms with Gasteiger partial charge in [0.05, 0.1) is 0 Å². The van der Waals surface area contributed by atoms with Gasteiger partial charge < -0.3 is 10.6 Å². The molecule has 0 bridgehead atoms. The predicted molar refractivity (Wildman–Crippen MR) is 76.6 cm³/mol. The summed E-state index contributed by atoms with van der Waals surface area (Å²) in [6.45, 7) is 4.92. The van der Waals surface area contributed by atoms with E-state index in [9.17, 15) is 4.39 Å². The summed E-state index contributed by atoms with van der Waals surface area (Å²) in [4.78, 5) is 6.59. The van der Waals surface area contributed by atoms with E-state index in [1.54, 1.807) is 12.1 Å². The maximum Gasteiger partial charge on any atom is 0.191 e. The minimum atomic E-state index is -0.200. The summed E-state index contributed by atoms with van der Waals surface area (Å²) in [6.07, 6.45) is 3.26. The fourth-order valence-electron chi connectivity index (χ4n) is 2.45. The molecule has 3 nitrogen and oxygen atoms in total. The fourth-order valence-corrected chi connectivity index (χ4v) is 2.45. The number of hydrogen-bond acceptors (Lipinski definition) is 1. The molecule has 1 fully saturated rings. The highest BCUT2D eigenvalue weighted by Crippen LogP contribution is 2.14. The van der Waals surface area contributed by atoms with Gasteiger partial charge in [0.2, 0.25) is 0 Å². The van der Waals surface area contributed by atoms with Crippen molar-refractivity contribution in [3.8, 4) is 0 Å². The Morgan fingerprint density at radius 3 is 2.84 bits per heavy atom. The number of aliphatic imine (C=N–C) groups is 1. The highest BCUT2D eigenvalue weighted by molar-refractivity contribution is 5.78.